The van der Waals surface area contributed by atoms with Gasteiger partial charge in [0, 0.05) is 30.2 Å². The van der Waals surface area contributed by atoms with Gasteiger partial charge in [-0.25, -0.2) is 13.1 Å². The number of hydrogen-bond acceptors (Lipinski definition) is 4. The second kappa shape index (κ2) is 9.55. The lowest BCUT2D eigenvalue weighted by Gasteiger charge is -2.31. The van der Waals surface area contributed by atoms with Crippen molar-refractivity contribution in [1.29, 1.82) is 0 Å². The van der Waals surface area contributed by atoms with E-state index in [1.807, 2.05) is 60.8 Å². The van der Waals surface area contributed by atoms with Crippen molar-refractivity contribution in [3.8, 4) is 5.75 Å². The van der Waals surface area contributed by atoms with E-state index in [1.165, 1.54) is 0 Å². The number of H-pyrrole nitrogens is 1. The van der Waals surface area contributed by atoms with Crippen LogP contribution in [0.1, 0.15) is 12.8 Å². The molecule has 0 bridgehead atoms. The van der Waals surface area contributed by atoms with E-state index in [0.717, 1.165) is 59.9 Å². The van der Waals surface area contributed by atoms with Crippen molar-refractivity contribution < 1.29 is 13.2 Å². The highest BCUT2D eigenvalue weighted by atomic mass is 32.2. The van der Waals surface area contributed by atoms with Gasteiger partial charge in [0.05, 0.1) is 4.90 Å². The van der Waals surface area contributed by atoms with E-state index in [1.54, 1.807) is 12.1 Å². The zero-order valence-electron chi connectivity index (χ0n) is 18.5. The normalized spacial score (nSPS) is 15.9. The van der Waals surface area contributed by atoms with Gasteiger partial charge in [0.2, 0.25) is 10.0 Å². The van der Waals surface area contributed by atoms with E-state index in [-0.39, 0.29) is 0 Å². The molecule has 0 aliphatic carbocycles. The molecule has 3 aromatic carbocycles. The summed E-state index contributed by atoms with van der Waals surface area (Å²) in [6, 6.07) is 21.2. The monoisotopic (exact) mass is 463 g/mol. The Morgan fingerprint density at radius 2 is 1.79 bits per heavy atom. The Hall–Kier alpha value is -2.87. The Labute approximate surface area is 194 Å². The smallest absolute Gasteiger partial charge is 0.240 e. The maximum absolute atomic E-state index is 12.8. The van der Waals surface area contributed by atoms with E-state index in [2.05, 4.69) is 14.6 Å². The Bertz CT molecular complexity index is 1340. The van der Waals surface area contributed by atoms with Gasteiger partial charge in [-0.3, -0.25) is 4.90 Å². The summed E-state index contributed by atoms with van der Waals surface area (Å²) in [5, 5.41) is 3.08. The number of ether oxygens (including phenoxy) is 1. The molecular formula is C26H29N3O3S. The first-order valence-corrected chi connectivity index (χ1v) is 13.0. The molecule has 0 spiro atoms. The topological polar surface area (TPSA) is 74.4 Å². The summed E-state index contributed by atoms with van der Waals surface area (Å²) in [6.45, 7) is 3.91. The van der Waals surface area contributed by atoms with Gasteiger partial charge >= 0.3 is 0 Å². The Balaban J connectivity index is 1.08. The fraction of sp³-hybridized carbons (Fsp3) is 0.308. The van der Waals surface area contributed by atoms with Crippen LogP contribution in [0.25, 0.3) is 21.7 Å². The Kier molecular flexibility index (Phi) is 6.35. The highest BCUT2D eigenvalue weighted by Gasteiger charge is 2.22. The van der Waals surface area contributed by atoms with Gasteiger partial charge < -0.3 is 9.72 Å². The van der Waals surface area contributed by atoms with Crippen LogP contribution in [-0.4, -0.2) is 51.1 Å². The van der Waals surface area contributed by atoms with Crippen LogP contribution in [0, 0.1) is 5.92 Å². The summed E-state index contributed by atoms with van der Waals surface area (Å²) in [6.07, 6.45) is 3.89. The quantitative estimate of drug-likeness (QED) is 0.406. The number of aromatic amines is 1. The lowest BCUT2D eigenvalue weighted by molar-refractivity contribution is 0.156. The number of aromatic nitrogens is 1. The number of nitrogens with zero attached hydrogens (tertiary/aromatic N) is 1. The Morgan fingerprint density at radius 1 is 0.970 bits per heavy atom. The maximum Gasteiger partial charge on any atom is 0.240 e. The first-order valence-electron chi connectivity index (χ1n) is 11.5. The van der Waals surface area contributed by atoms with E-state index in [0.29, 0.717) is 24.0 Å². The third kappa shape index (κ3) is 5.05. The molecular weight excluding hydrogens is 434 g/mol. The van der Waals surface area contributed by atoms with Crippen molar-refractivity contribution in [2.24, 2.45) is 5.92 Å². The van der Waals surface area contributed by atoms with Crippen molar-refractivity contribution >= 4 is 31.7 Å². The fourth-order valence-electron chi connectivity index (χ4n) is 4.53. The SMILES string of the molecule is O=S(=O)(NCC1CCN(CCOc2cccc3[nH]ccc23)CC1)c1ccc2ccccc2c1. The van der Waals surface area contributed by atoms with Crippen LogP contribution < -0.4 is 9.46 Å². The van der Waals surface area contributed by atoms with Gasteiger partial charge in [-0.05, 0) is 73.0 Å². The molecule has 7 heteroatoms. The highest BCUT2D eigenvalue weighted by molar-refractivity contribution is 7.89. The second-order valence-corrected chi connectivity index (χ2v) is 10.5. The number of piperidine rings is 1. The average molecular weight is 464 g/mol. The van der Waals surface area contributed by atoms with Crippen molar-refractivity contribution in [1.82, 2.24) is 14.6 Å². The largest absolute Gasteiger partial charge is 0.492 e. The molecule has 6 nitrogen and oxygen atoms in total. The predicted octanol–water partition coefficient (Wildman–Crippen LogP) is 4.39. The lowest BCUT2D eigenvalue weighted by Crippen LogP contribution is -2.40. The minimum Gasteiger partial charge on any atom is -0.492 e. The first-order chi connectivity index (χ1) is 16.1. The van der Waals surface area contributed by atoms with E-state index in [4.69, 9.17) is 4.74 Å². The molecule has 2 N–H and O–H groups in total. The van der Waals surface area contributed by atoms with Crippen molar-refractivity contribution in [2.45, 2.75) is 17.7 Å². The van der Waals surface area contributed by atoms with E-state index >= 15 is 0 Å². The van der Waals surface area contributed by atoms with Crippen LogP contribution in [0.5, 0.6) is 5.75 Å². The number of benzene rings is 3. The first kappa shape index (κ1) is 21.9. The van der Waals surface area contributed by atoms with Gasteiger partial charge in [-0.2, -0.15) is 0 Å². The van der Waals surface area contributed by atoms with Crippen LogP contribution in [-0.2, 0) is 10.0 Å². The average Bonchev–Trinajstić information content (AvgIpc) is 3.33. The number of fused-ring (bicyclic) bond motifs is 2. The van der Waals surface area contributed by atoms with Crippen LogP contribution in [0.15, 0.2) is 77.8 Å². The fourth-order valence-corrected chi connectivity index (χ4v) is 5.68. The standard InChI is InChI=1S/C26H29N3O3S/c30-33(31,23-9-8-21-4-1-2-5-22(21)18-23)28-19-20-11-14-29(15-12-20)16-17-32-26-7-3-6-25-24(26)10-13-27-25/h1-10,13,18,20,27-28H,11-12,14-17,19H2. The molecule has 0 atom stereocenters. The third-order valence-electron chi connectivity index (χ3n) is 6.52. The molecule has 1 aliphatic heterocycles. The van der Waals surface area contributed by atoms with Crippen molar-refractivity contribution in [2.75, 3.05) is 32.8 Å². The second-order valence-electron chi connectivity index (χ2n) is 8.69. The maximum atomic E-state index is 12.8. The van der Waals surface area contributed by atoms with Crippen LogP contribution >= 0.6 is 0 Å². The lowest BCUT2D eigenvalue weighted by atomic mass is 9.97. The molecule has 1 saturated heterocycles. The van der Waals surface area contributed by atoms with Crippen LogP contribution in [0.4, 0.5) is 0 Å². The number of likely N-dealkylation sites (tertiary alicyclic amines) is 1. The molecule has 0 unspecified atom stereocenters. The molecule has 1 fully saturated rings. The molecule has 2 heterocycles. The molecule has 1 aliphatic rings. The third-order valence-corrected chi connectivity index (χ3v) is 7.94. The summed E-state index contributed by atoms with van der Waals surface area (Å²) in [5.41, 5.74) is 1.08. The number of rotatable bonds is 8. The minimum absolute atomic E-state index is 0.327. The molecule has 4 aromatic rings. The molecule has 1 aromatic heterocycles. The number of nitrogens with one attached hydrogen (secondary N) is 2. The number of hydrogen-bond donors (Lipinski definition) is 2. The molecule has 0 saturated carbocycles. The molecule has 0 radical (unpaired) electrons. The van der Waals surface area contributed by atoms with E-state index in [9.17, 15) is 8.42 Å². The van der Waals surface area contributed by atoms with Gasteiger partial charge in [-0.1, -0.05) is 36.4 Å². The molecule has 172 valence electrons. The summed E-state index contributed by atoms with van der Waals surface area (Å²) < 4.78 is 34.4. The van der Waals surface area contributed by atoms with Crippen LogP contribution in [0.2, 0.25) is 0 Å². The van der Waals surface area contributed by atoms with Gasteiger partial charge in [0.25, 0.3) is 0 Å². The van der Waals surface area contributed by atoms with E-state index < -0.39 is 10.0 Å². The zero-order valence-corrected chi connectivity index (χ0v) is 19.4. The summed E-state index contributed by atoms with van der Waals surface area (Å²) in [7, 11) is -3.51. The highest BCUT2D eigenvalue weighted by Crippen LogP contribution is 2.25. The number of sulfonamides is 1. The van der Waals surface area contributed by atoms with Crippen molar-refractivity contribution in [3.05, 3.63) is 72.9 Å². The van der Waals surface area contributed by atoms with Gasteiger partial charge in [0.1, 0.15) is 12.4 Å². The predicted molar refractivity (Wildman–Crippen MR) is 132 cm³/mol. The molecule has 33 heavy (non-hydrogen) atoms. The molecule has 0 amide bonds. The van der Waals surface area contributed by atoms with Gasteiger partial charge in [-0.15, -0.1) is 0 Å². The zero-order chi connectivity index (χ0) is 22.7. The van der Waals surface area contributed by atoms with Gasteiger partial charge in [0.15, 0.2) is 0 Å². The van der Waals surface area contributed by atoms with Crippen LogP contribution in [0.3, 0.4) is 0 Å². The Morgan fingerprint density at radius 3 is 2.64 bits per heavy atom. The van der Waals surface area contributed by atoms with Crippen molar-refractivity contribution in [3.63, 3.8) is 0 Å². The summed E-state index contributed by atoms with van der Waals surface area (Å²) >= 11 is 0. The summed E-state index contributed by atoms with van der Waals surface area (Å²) in [4.78, 5) is 5.93. The minimum atomic E-state index is -3.51. The molecule has 5 rings (SSSR count). The summed E-state index contributed by atoms with van der Waals surface area (Å²) in [5.74, 6) is 1.26.